The van der Waals surface area contributed by atoms with E-state index >= 15 is 0 Å². The molecule has 4 rings (SSSR count). The number of benzene rings is 1. The Morgan fingerprint density at radius 1 is 1.26 bits per heavy atom. The standard InChI is InChI=1S/C25H31FN6O2/c1-5-9-30(11-16(3)15-33)22-8-7-19(23-20(22)14-32(6-2)29-23)25(34)28-18-10-21(26)24-27-17(4)12-31(24)13-18/h7-8,10,12-14,16,33H,5-6,9,11,15H2,1-4H3,(H,28,34)/t16-/m1/s1. The molecule has 8 nitrogen and oxygen atoms in total. The predicted octanol–water partition coefficient (Wildman–Crippen LogP) is 4.25. The van der Waals surface area contributed by atoms with E-state index < -0.39 is 5.82 Å². The second-order valence-electron chi connectivity index (χ2n) is 8.76. The van der Waals surface area contributed by atoms with Crippen LogP contribution >= 0.6 is 0 Å². The van der Waals surface area contributed by atoms with E-state index in [4.69, 9.17) is 0 Å². The van der Waals surface area contributed by atoms with Gasteiger partial charge in [0.25, 0.3) is 5.91 Å². The lowest BCUT2D eigenvalue weighted by Gasteiger charge is -2.27. The summed E-state index contributed by atoms with van der Waals surface area (Å²) in [7, 11) is 0. The van der Waals surface area contributed by atoms with Crippen molar-refractivity contribution in [2.75, 3.05) is 29.9 Å². The molecule has 34 heavy (non-hydrogen) atoms. The average Bonchev–Trinajstić information content (AvgIpc) is 3.41. The van der Waals surface area contributed by atoms with E-state index in [2.05, 4.69) is 27.2 Å². The molecule has 1 aromatic carbocycles. The normalized spacial score (nSPS) is 12.4. The largest absolute Gasteiger partial charge is 0.396 e. The molecular formula is C25H31FN6O2. The number of aromatic nitrogens is 4. The van der Waals surface area contributed by atoms with Gasteiger partial charge in [0.15, 0.2) is 11.5 Å². The van der Waals surface area contributed by atoms with Gasteiger partial charge in [-0.15, -0.1) is 0 Å². The van der Waals surface area contributed by atoms with Crippen LogP contribution in [0.15, 0.2) is 36.8 Å². The number of anilines is 2. The summed E-state index contributed by atoms with van der Waals surface area (Å²) in [5, 5.41) is 17.9. The van der Waals surface area contributed by atoms with Gasteiger partial charge in [-0.3, -0.25) is 9.48 Å². The molecule has 0 aliphatic carbocycles. The van der Waals surface area contributed by atoms with Crippen LogP contribution in [-0.4, -0.2) is 49.9 Å². The van der Waals surface area contributed by atoms with Crippen LogP contribution in [0.25, 0.3) is 16.6 Å². The maximum atomic E-state index is 14.5. The van der Waals surface area contributed by atoms with E-state index in [-0.39, 0.29) is 24.1 Å². The zero-order valence-corrected chi connectivity index (χ0v) is 20.0. The minimum absolute atomic E-state index is 0.107. The monoisotopic (exact) mass is 466 g/mol. The summed E-state index contributed by atoms with van der Waals surface area (Å²) >= 11 is 0. The molecule has 3 aromatic heterocycles. The molecule has 0 aliphatic heterocycles. The zero-order valence-electron chi connectivity index (χ0n) is 20.0. The summed E-state index contributed by atoms with van der Waals surface area (Å²) in [6.45, 7) is 10.2. The van der Waals surface area contributed by atoms with Crippen LogP contribution in [0.1, 0.15) is 43.2 Å². The second-order valence-corrected chi connectivity index (χ2v) is 8.76. The van der Waals surface area contributed by atoms with Crippen molar-refractivity contribution in [3.8, 4) is 0 Å². The van der Waals surface area contributed by atoms with Crippen molar-refractivity contribution < 1.29 is 14.3 Å². The minimum atomic E-state index is -0.505. The summed E-state index contributed by atoms with van der Waals surface area (Å²) < 4.78 is 17.9. The number of fused-ring (bicyclic) bond motifs is 2. The number of imidazole rings is 1. The Balaban J connectivity index is 1.72. The third-order valence-electron chi connectivity index (χ3n) is 5.83. The molecule has 0 saturated heterocycles. The van der Waals surface area contributed by atoms with E-state index in [0.29, 0.717) is 35.6 Å². The first-order valence-electron chi connectivity index (χ1n) is 11.7. The highest BCUT2D eigenvalue weighted by Crippen LogP contribution is 2.30. The summed E-state index contributed by atoms with van der Waals surface area (Å²) in [5.41, 5.74) is 3.24. The van der Waals surface area contributed by atoms with Gasteiger partial charge in [-0.1, -0.05) is 13.8 Å². The Kier molecular flexibility index (Phi) is 6.83. The number of amides is 1. The molecule has 9 heteroatoms. The maximum absolute atomic E-state index is 14.5. The number of aliphatic hydroxyl groups is 1. The van der Waals surface area contributed by atoms with Gasteiger partial charge in [-0.25, -0.2) is 9.37 Å². The molecule has 2 N–H and O–H groups in total. The molecule has 0 radical (unpaired) electrons. The van der Waals surface area contributed by atoms with Crippen molar-refractivity contribution in [2.45, 2.75) is 40.7 Å². The summed E-state index contributed by atoms with van der Waals surface area (Å²) in [6, 6.07) is 4.97. The van der Waals surface area contributed by atoms with Crippen LogP contribution in [-0.2, 0) is 6.54 Å². The number of carbonyl (C=O) groups excluding carboxylic acids is 1. The fourth-order valence-corrected chi connectivity index (χ4v) is 4.22. The number of rotatable bonds is 9. The van der Waals surface area contributed by atoms with Gasteiger partial charge in [-0.2, -0.15) is 5.10 Å². The first-order valence-corrected chi connectivity index (χ1v) is 11.7. The van der Waals surface area contributed by atoms with Crippen LogP contribution in [0.4, 0.5) is 15.8 Å². The number of halogens is 1. The first kappa shape index (κ1) is 23.7. The van der Waals surface area contributed by atoms with E-state index in [1.54, 1.807) is 29.8 Å². The molecular weight excluding hydrogens is 435 g/mol. The van der Waals surface area contributed by atoms with Crippen molar-refractivity contribution in [1.82, 2.24) is 19.2 Å². The molecule has 3 heterocycles. The lowest BCUT2D eigenvalue weighted by molar-refractivity contribution is 0.102. The van der Waals surface area contributed by atoms with E-state index in [9.17, 15) is 14.3 Å². The third-order valence-corrected chi connectivity index (χ3v) is 5.83. The summed E-state index contributed by atoms with van der Waals surface area (Å²) in [4.78, 5) is 19.6. The highest BCUT2D eigenvalue weighted by atomic mass is 19.1. The smallest absolute Gasteiger partial charge is 0.257 e. The number of carbonyl (C=O) groups is 1. The van der Waals surface area contributed by atoms with Gasteiger partial charge in [0, 0.05) is 62.0 Å². The van der Waals surface area contributed by atoms with Crippen molar-refractivity contribution in [3.63, 3.8) is 0 Å². The van der Waals surface area contributed by atoms with E-state index in [1.807, 2.05) is 30.8 Å². The Hall–Kier alpha value is -3.46. The molecule has 0 saturated carbocycles. The summed E-state index contributed by atoms with van der Waals surface area (Å²) in [6.07, 6.45) is 6.25. The Labute approximate surface area is 198 Å². The number of hydrogen-bond donors (Lipinski definition) is 2. The fraction of sp³-hybridized carbons (Fsp3) is 0.400. The quantitative estimate of drug-likeness (QED) is 0.385. The Morgan fingerprint density at radius 3 is 2.76 bits per heavy atom. The number of pyridine rings is 1. The molecule has 0 aliphatic rings. The van der Waals surface area contributed by atoms with Gasteiger partial charge >= 0.3 is 0 Å². The van der Waals surface area contributed by atoms with Gasteiger partial charge in [-0.05, 0) is 38.3 Å². The van der Waals surface area contributed by atoms with Crippen LogP contribution in [0.2, 0.25) is 0 Å². The highest BCUT2D eigenvalue weighted by molar-refractivity contribution is 6.13. The second kappa shape index (κ2) is 9.80. The Bertz CT molecular complexity index is 1330. The SMILES string of the molecule is CCCN(C[C@@H](C)CO)c1ccc(C(=O)Nc2cc(F)c3nc(C)cn3c2)c2nn(CC)cc12. The zero-order chi connectivity index (χ0) is 24.4. The molecule has 1 atom stereocenters. The molecule has 0 spiro atoms. The van der Waals surface area contributed by atoms with E-state index in [1.165, 1.54) is 6.07 Å². The van der Waals surface area contributed by atoms with Gasteiger partial charge in [0.2, 0.25) is 0 Å². The Morgan fingerprint density at radius 2 is 2.06 bits per heavy atom. The molecule has 1 amide bonds. The minimum Gasteiger partial charge on any atom is -0.396 e. The summed E-state index contributed by atoms with van der Waals surface area (Å²) in [5.74, 6) is -0.753. The molecule has 0 unspecified atom stereocenters. The topological polar surface area (TPSA) is 87.7 Å². The fourth-order valence-electron chi connectivity index (χ4n) is 4.22. The number of nitrogens with one attached hydrogen (secondary N) is 1. The lowest BCUT2D eigenvalue weighted by atomic mass is 10.1. The number of aryl methyl sites for hydroxylation is 2. The first-order chi connectivity index (χ1) is 16.3. The van der Waals surface area contributed by atoms with Crippen molar-refractivity contribution >= 4 is 33.8 Å². The van der Waals surface area contributed by atoms with Crippen LogP contribution < -0.4 is 10.2 Å². The van der Waals surface area contributed by atoms with Gasteiger partial charge in [0.05, 0.1) is 16.9 Å². The van der Waals surface area contributed by atoms with Crippen molar-refractivity contribution in [3.05, 3.63) is 53.9 Å². The van der Waals surface area contributed by atoms with Gasteiger partial charge < -0.3 is 19.7 Å². The molecule has 0 bridgehead atoms. The maximum Gasteiger partial charge on any atom is 0.257 e. The predicted molar refractivity (Wildman–Crippen MR) is 132 cm³/mol. The third kappa shape index (κ3) is 4.61. The van der Waals surface area contributed by atoms with Crippen molar-refractivity contribution in [2.24, 2.45) is 5.92 Å². The van der Waals surface area contributed by atoms with Crippen LogP contribution in [0.5, 0.6) is 0 Å². The van der Waals surface area contributed by atoms with Crippen molar-refractivity contribution in [1.29, 1.82) is 0 Å². The number of nitrogens with zero attached hydrogens (tertiary/aromatic N) is 5. The molecule has 4 aromatic rings. The number of aliphatic hydroxyl groups excluding tert-OH is 1. The lowest BCUT2D eigenvalue weighted by Crippen LogP contribution is -2.30. The average molecular weight is 467 g/mol. The van der Waals surface area contributed by atoms with Crippen LogP contribution in [0, 0.1) is 18.7 Å². The van der Waals surface area contributed by atoms with E-state index in [0.717, 1.165) is 24.0 Å². The molecule has 180 valence electrons. The van der Waals surface area contributed by atoms with Gasteiger partial charge in [0.1, 0.15) is 5.52 Å². The number of hydrogen-bond acceptors (Lipinski definition) is 5. The highest BCUT2D eigenvalue weighted by Gasteiger charge is 2.20. The van der Waals surface area contributed by atoms with Crippen LogP contribution in [0.3, 0.4) is 0 Å². The molecule has 0 fully saturated rings.